The Labute approximate surface area is 134 Å². The van der Waals surface area contributed by atoms with Gasteiger partial charge in [-0.15, -0.1) is 5.10 Å². The molecule has 0 bridgehead atoms. The topological polar surface area (TPSA) is 73.1 Å². The van der Waals surface area contributed by atoms with E-state index in [2.05, 4.69) is 15.5 Å². The Hall–Kier alpha value is -2.54. The predicted molar refractivity (Wildman–Crippen MR) is 85.2 cm³/mol. The Balaban J connectivity index is 1.97. The van der Waals surface area contributed by atoms with Gasteiger partial charge in [-0.25, -0.2) is 0 Å². The molecule has 1 aromatic heterocycles. The first-order valence-corrected chi connectivity index (χ1v) is 7.58. The SMILES string of the molecule is Cc1nnnn1/C(=C\c1ccccc1)C(=O)N1CCO[C@H](C)C1. The van der Waals surface area contributed by atoms with Crippen LogP contribution < -0.4 is 0 Å². The van der Waals surface area contributed by atoms with Crippen molar-refractivity contribution < 1.29 is 9.53 Å². The van der Waals surface area contributed by atoms with E-state index in [1.165, 1.54) is 4.68 Å². The largest absolute Gasteiger partial charge is 0.375 e. The molecular weight excluding hydrogens is 294 g/mol. The second-order valence-corrected chi connectivity index (χ2v) is 5.51. The summed E-state index contributed by atoms with van der Waals surface area (Å²) in [5.41, 5.74) is 1.36. The minimum Gasteiger partial charge on any atom is -0.375 e. The van der Waals surface area contributed by atoms with Gasteiger partial charge in [-0.05, 0) is 35.9 Å². The van der Waals surface area contributed by atoms with Crippen LogP contribution >= 0.6 is 0 Å². The lowest BCUT2D eigenvalue weighted by molar-refractivity contribution is -0.132. The zero-order valence-corrected chi connectivity index (χ0v) is 13.2. The molecule has 23 heavy (non-hydrogen) atoms. The molecule has 1 aromatic carbocycles. The number of nitrogens with zero attached hydrogens (tertiary/aromatic N) is 5. The Morgan fingerprint density at radius 2 is 2.13 bits per heavy atom. The average Bonchev–Trinajstić information content (AvgIpc) is 2.99. The van der Waals surface area contributed by atoms with Crippen molar-refractivity contribution in [2.45, 2.75) is 20.0 Å². The van der Waals surface area contributed by atoms with E-state index in [1.54, 1.807) is 11.8 Å². The quantitative estimate of drug-likeness (QED) is 0.797. The van der Waals surface area contributed by atoms with Crippen LogP contribution in [-0.2, 0) is 9.53 Å². The fourth-order valence-corrected chi connectivity index (χ4v) is 2.54. The first kappa shape index (κ1) is 15.4. The number of benzene rings is 1. The lowest BCUT2D eigenvalue weighted by atomic mass is 10.1. The first-order valence-electron chi connectivity index (χ1n) is 7.58. The molecule has 0 radical (unpaired) electrons. The minimum absolute atomic E-state index is 0.0284. The van der Waals surface area contributed by atoms with E-state index in [9.17, 15) is 4.79 Å². The standard InChI is InChI=1S/C16H19N5O2/c1-12-11-20(8-9-23-12)16(22)15(21-13(2)17-18-19-21)10-14-6-4-3-5-7-14/h3-7,10,12H,8-9,11H2,1-2H3/b15-10-/t12-/m1/s1. The summed E-state index contributed by atoms with van der Waals surface area (Å²) < 4.78 is 6.99. The van der Waals surface area contributed by atoms with Gasteiger partial charge in [-0.2, -0.15) is 4.68 Å². The maximum absolute atomic E-state index is 13.0. The van der Waals surface area contributed by atoms with Crippen molar-refractivity contribution in [3.05, 3.63) is 41.7 Å². The first-order chi connectivity index (χ1) is 11.1. The van der Waals surface area contributed by atoms with Crippen molar-refractivity contribution in [2.75, 3.05) is 19.7 Å². The van der Waals surface area contributed by atoms with Gasteiger partial charge in [-0.3, -0.25) is 4.79 Å². The summed E-state index contributed by atoms with van der Waals surface area (Å²) in [5, 5.41) is 11.5. The number of ether oxygens (including phenoxy) is 1. The molecule has 1 aliphatic rings. The van der Waals surface area contributed by atoms with E-state index in [0.29, 0.717) is 31.2 Å². The number of rotatable bonds is 3. The highest BCUT2D eigenvalue weighted by molar-refractivity contribution is 6.18. The maximum atomic E-state index is 13.0. The molecule has 0 saturated carbocycles. The number of hydrogen-bond donors (Lipinski definition) is 0. The summed E-state index contributed by atoms with van der Waals surface area (Å²) in [6.07, 6.45) is 1.84. The van der Waals surface area contributed by atoms with Crippen LogP contribution in [0.3, 0.4) is 0 Å². The van der Waals surface area contributed by atoms with E-state index >= 15 is 0 Å². The molecule has 2 heterocycles. The summed E-state index contributed by atoms with van der Waals surface area (Å²) in [6.45, 7) is 5.40. The third-order valence-corrected chi connectivity index (χ3v) is 3.70. The summed E-state index contributed by atoms with van der Waals surface area (Å²) in [4.78, 5) is 14.8. The van der Waals surface area contributed by atoms with Crippen molar-refractivity contribution in [2.24, 2.45) is 0 Å². The zero-order valence-electron chi connectivity index (χ0n) is 13.2. The number of aromatic nitrogens is 4. The molecule has 3 rings (SSSR count). The van der Waals surface area contributed by atoms with E-state index < -0.39 is 0 Å². The van der Waals surface area contributed by atoms with Crippen molar-refractivity contribution >= 4 is 17.7 Å². The molecule has 1 amide bonds. The van der Waals surface area contributed by atoms with E-state index in [4.69, 9.17) is 4.74 Å². The van der Waals surface area contributed by atoms with Gasteiger partial charge >= 0.3 is 0 Å². The number of amides is 1. The van der Waals surface area contributed by atoms with Crippen molar-refractivity contribution in [3.63, 3.8) is 0 Å². The molecule has 1 atom stereocenters. The van der Waals surface area contributed by atoms with E-state index in [0.717, 1.165) is 5.56 Å². The van der Waals surface area contributed by atoms with Crippen LogP contribution in [0.15, 0.2) is 30.3 Å². The molecule has 0 spiro atoms. The molecule has 0 unspecified atom stereocenters. The van der Waals surface area contributed by atoms with Crippen molar-refractivity contribution in [1.82, 2.24) is 25.1 Å². The minimum atomic E-state index is -0.0978. The Kier molecular flexibility index (Phi) is 4.47. The molecular formula is C16H19N5O2. The fraction of sp³-hybridized carbons (Fsp3) is 0.375. The normalized spacial score (nSPS) is 19.0. The van der Waals surface area contributed by atoms with Crippen molar-refractivity contribution in [3.8, 4) is 0 Å². The summed E-state index contributed by atoms with van der Waals surface area (Å²) in [7, 11) is 0. The average molecular weight is 313 g/mol. The molecule has 120 valence electrons. The monoisotopic (exact) mass is 313 g/mol. The van der Waals surface area contributed by atoms with Crippen LogP contribution in [0.4, 0.5) is 0 Å². The highest BCUT2D eigenvalue weighted by Crippen LogP contribution is 2.17. The summed E-state index contributed by atoms with van der Waals surface area (Å²) in [6, 6.07) is 9.67. The molecule has 2 aromatic rings. The lowest BCUT2D eigenvalue weighted by Gasteiger charge is -2.31. The predicted octanol–water partition coefficient (Wildman–Crippen LogP) is 1.23. The van der Waals surface area contributed by atoms with Crippen LogP contribution in [0.1, 0.15) is 18.3 Å². The van der Waals surface area contributed by atoms with Crippen LogP contribution in [0.25, 0.3) is 11.8 Å². The summed E-state index contributed by atoms with van der Waals surface area (Å²) >= 11 is 0. The third-order valence-electron chi connectivity index (χ3n) is 3.70. The molecule has 1 saturated heterocycles. The molecule has 1 fully saturated rings. The van der Waals surface area contributed by atoms with Crippen LogP contribution in [0.2, 0.25) is 0 Å². The van der Waals surface area contributed by atoms with Gasteiger partial charge in [0.25, 0.3) is 5.91 Å². The highest BCUT2D eigenvalue weighted by Gasteiger charge is 2.26. The second-order valence-electron chi connectivity index (χ2n) is 5.51. The third kappa shape index (κ3) is 3.45. The van der Waals surface area contributed by atoms with Gasteiger partial charge in [0.1, 0.15) is 5.70 Å². The number of tetrazole rings is 1. The number of aryl methyl sites for hydroxylation is 1. The molecule has 0 N–H and O–H groups in total. The van der Waals surface area contributed by atoms with Gasteiger partial charge in [0, 0.05) is 13.1 Å². The Morgan fingerprint density at radius 3 is 2.78 bits per heavy atom. The maximum Gasteiger partial charge on any atom is 0.272 e. The zero-order chi connectivity index (χ0) is 16.2. The fourth-order valence-electron chi connectivity index (χ4n) is 2.54. The molecule has 1 aliphatic heterocycles. The smallest absolute Gasteiger partial charge is 0.272 e. The Bertz CT molecular complexity index is 710. The number of morpholine rings is 1. The van der Waals surface area contributed by atoms with Gasteiger partial charge in [0.15, 0.2) is 5.82 Å². The lowest BCUT2D eigenvalue weighted by Crippen LogP contribution is -2.45. The highest BCUT2D eigenvalue weighted by atomic mass is 16.5. The van der Waals surface area contributed by atoms with E-state index in [-0.39, 0.29) is 12.0 Å². The molecule has 0 aliphatic carbocycles. The summed E-state index contributed by atoms with van der Waals surface area (Å²) in [5.74, 6) is 0.473. The van der Waals surface area contributed by atoms with E-state index in [1.807, 2.05) is 43.3 Å². The van der Waals surface area contributed by atoms with Crippen LogP contribution in [0.5, 0.6) is 0 Å². The number of carbonyl (C=O) groups is 1. The van der Waals surface area contributed by atoms with Crippen LogP contribution in [0, 0.1) is 6.92 Å². The van der Waals surface area contributed by atoms with Gasteiger partial charge in [0.05, 0.1) is 12.7 Å². The molecule has 7 nitrogen and oxygen atoms in total. The van der Waals surface area contributed by atoms with Gasteiger partial charge in [-0.1, -0.05) is 30.3 Å². The second kappa shape index (κ2) is 6.70. The van der Waals surface area contributed by atoms with Gasteiger partial charge in [0.2, 0.25) is 0 Å². The Morgan fingerprint density at radius 1 is 1.35 bits per heavy atom. The molecule has 7 heteroatoms. The van der Waals surface area contributed by atoms with Gasteiger partial charge < -0.3 is 9.64 Å². The van der Waals surface area contributed by atoms with Crippen LogP contribution in [-0.4, -0.2) is 56.8 Å². The van der Waals surface area contributed by atoms with Crippen molar-refractivity contribution in [1.29, 1.82) is 0 Å². The number of hydrogen-bond acceptors (Lipinski definition) is 5. The number of carbonyl (C=O) groups excluding carboxylic acids is 1.